The predicted molar refractivity (Wildman–Crippen MR) is 86.4 cm³/mol. The minimum atomic E-state index is -0.0364. The Kier molecular flexibility index (Phi) is 6.11. The van der Waals surface area contributed by atoms with Crippen molar-refractivity contribution in [2.45, 2.75) is 25.0 Å². The van der Waals surface area contributed by atoms with E-state index < -0.39 is 0 Å². The molecule has 0 spiro atoms. The number of rotatable bonds is 7. The molecule has 2 rings (SSSR count). The number of nitrogens with one attached hydrogen (secondary N) is 1. The summed E-state index contributed by atoms with van der Waals surface area (Å²) in [6, 6.07) is 7.73. The summed E-state index contributed by atoms with van der Waals surface area (Å²) in [6.45, 7) is 2.21. The van der Waals surface area contributed by atoms with Crippen LogP contribution in [-0.4, -0.2) is 42.6 Å². The van der Waals surface area contributed by atoms with Crippen LogP contribution in [0.3, 0.4) is 0 Å². The van der Waals surface area contributed by atoms with Gasteiger partial charge in [0.2, 0.25) is 5.91 Å². The summed E-state index contributed by atoms with van der Waals surface area (Å²) in [5.74, 6) is 1.12. The van der Waals surface area contributed by atoms with E-state index in [2.05, 4.69) is 5.32 Å². The van der Waals surface area contributed by atoms with Crippen molar-refractivity contribution in [1.82, 2.24) is 10.2 Å². The van der Waals surface area contributed by atoms with Gasteiger partial charge in [0.25, 0.3) is 5.91 Å². The molecule has 2 amide bonds. The number of carbonyl (C=O) groups excluding carboxylic acids is 2. The lowest BCUT2D eigenvalue weighted by atomic mass is 10.1. The van der Waals surface area contributed by atoms with Crippen molar-refractivity contribution in [3.63, 3.8) is 0 Å². The van der Waals surface area contributed by atoms with Gasteiger partial charge in [-0.25, -0.2) is 0 Å². The van der Waals surface area contributed by atoms with E-state index >= 15 is 0 Å². The van der Waals surface area contributed by atoms with Crippen LogP contribution < -0.4 is 5.32 Å². The average molecular weight is 306 g/mol. The van der Waals surface area contributed by atoms with Gasteiger partial charge in [0.15, 0.2) is 0 Å². The molecule has 1 aromatic rings. The Hall–Kier alpha value is -1.49. The smallest absolute Gasteiger partial charge is 0.251 e. The van der Waals surface area contributed by atoms with E-state index in [0.717, 1.165) is 37.2 Å². The van der Waals surface area contributed by atoms with Gasteiger partial charge in [-0.15, -0.1) is 0 Å². The standard InChI is InChI=1S/C16H22N2O2S/c1-21-12-13-5-2-6-14(11-13)16(20)17-8-4-10-18-9-3-7-15(18)19/h2,5-6,11H,3-4,7-10,12H2,1H3,(H,17,20). The largest absolute Gasteiger partial charge is 0.352 e. The third-order valence-electron chi connectivity index (χ3n) is 3.56. The van der Waals surface area contributed by atoms with Crippen LogP contribution in [0, 0.1) is 0 Å². The van der Waals surface area contributed by atoms with Gasteiger partial charge in [-0.3, -0.25) is 9.59 Å². The lowest BCUT2D eigenvalue weighted by Crippen LogP contribution is -2.30. The molecule has 5 heteroatoms. The Balaban J connectivity index is 1.74. The highest BCUT2D eigenvalue weighted by Crippen LogP contribution is 2.12. The zero-order valence-electron chi connectivity index (χ0n) is 12.4. The molecule has 1 N–H and O–H groups in total. The monoisotopic (exact) mass is 306 g/mol. The minimum Gasteiger partial charge on any atom is -0.352 e. The van der Waals surface area contributed by atoms with E-state index in [1.807, 2.05) is 35.4 Å². The van der Waals surface area contributed by atoms with Crippen LogP contribution in [-0.2, 0) is 10.5 Å². The first-order chi connectivity index (χ1) is 10.2. The Morgan fingerprint density at radius 3 is 3.00 bits per heavy atom. The molecular weight excluding hydrogens is 284 g/mol. The fourth-order valence-electron chi connectivity index (χ4n) is 2.48. The number of carbonyl (C=O) groups is 2. The fraction of sp³-hybridized carbons (Fsp3) is 0.500. The summed E-state index contributed by atoms with van der Waals surface area (Å²) in [5, 5.41) is 2.92. The SMILES string of the molecule is CSCc1cccc(C(=O)NCCCN2CCCC2=O)c1. The van der Waals surface area contributed by atoms with Gasteiger partial charge in [0, 0.05) is 37.4 Å². The molecule has 1 aliphatic heterocycles. The molecular formula is C16H22N2O2S. The maximum absolute atomic E-state index is 12.1. The second kappa shape index (κ2) is 8.08. The molecule has 0 atom stereocenters. The molecule has 1 saturated heterocycles. The van der Waals surface area contributed by atoms with Gasteiger partial charge in [0.05, 0.1) is 0 Å². The van der Waals surface area contributed by atoms with Gasteiger partial charge < -0.3 is 10.2 Å². The number of benzene rings is 1. The van der Waals surface area contributed by atoms with Crippen LogP contribution in [0.1, 0.15) is 35.2 Å². The van der Waals surface area contributed by atoms with Crippen molar-refractivity contribution in [1.29, 1.82) is 0 Å². The third-order valence-corrected chi connectivity index (χ3v) is 4.18. The molecule has 0 radical (unpaired) electrons. The topological polar surface area (TPSA) is 49.4 Å². The molecule has 0 saturated carbocycles. The van der Waals surface area contributed by atoms with E-state index in [1.54, 1.807) is 11.8 Å². The van der Waals surface area contributed by atoms with E-state index in [4.69, 9.17) is 0 Å². The van der Waals surface area contributed by atoms with Crippen LogP contribution in [0.15, 0.2) is 24.3 Å². The van der Waals surface area contributed by atoms with Crippen LogP contribution >= 0.6 is 11.8 Å². The summed E-state index contributed by atoms with van der Waals surface area (Å²) in [4.78, 5) is 25.4. The number of likely N-dealkylation sites (tertiary alicyclic amines) is 1. The Morgan fingerprint density at radius 1 is 1.43 bits per heavy atom. The number of nitrogens with zero attached hydrogens (tertiary/aromatic N) is 1. The summed E-state index contributed by atoms with van der Waals surface area (Å²) in [7, 11) is 0. The highest BCUT2D eigenvalue weighted by atomic mass is 32.2. The highest BCUT2D eigenvalue weighted by Gasteiger charge is 2.19. The van der Waals surface area contributed by atoms with Gasteiger partial charge in [-0.2, -0.15) is 11.8 Å². The molecule has 1 aliphatic rings. The lowest BCUT2D eigenvalue weighted by Gasteiger charge is -2.15. The van der Waals surface area contributed by atoms with Gasteiger partial charge in [0.1, 0.15) is 0 Å². The van der Waals surface area contributed by atoms with Crippen LogP contribution in [0.2, 0.25) is 0 Å². The first-order valence-corrected chi connectivity index (χ1v) is 8.74. The molecule has 1 aromatic carbocycles. The normalized spacial score (nSPS) is 14.5. The second-order valence-electron chi connectivity index (χ2n) is 5.23. The second-order valence-corrected chi connectivity index (χ2v) is 6.09. The average Bonchev–Trinajstić information content (AvgIpc) is 2.89. The molecule has 21 heavy (non-hydrogen) atoms. The van der Waals surface area contributed by atoms with Crippen molar-refractivity contribution in [2.24, 2.45) is 0 Å². The first kappa shape index (κ1) is 15.9. The maximum atomic E-state index is 12.1. The van der Waals surface area contributed by atoms with Gasteiger partial charge >= 0.3 is 0 Å². The van der Waals surface area contributed by atoms with Crippen LogP contribution in [0.4, 0.5) is 0 Å². The van der Waals surface area contributed by atoms with Crippen molar-refractivity contribution >= 4 is 23.6 Å². The van der Waals surface area contributed by atoms with Crippen molar-refractivity contribution < 1.29 is 9.59 Å². The third kappa shape index (κ3) is 4.77. The maximum Gasteiger partial charge on any atom is 0.251 e. The number of hydrogen-bond donors (Lipinski definition) is 1. The highest BCUT2D eigenvalue weighted by molar-refractivity contribution is 7.97. The Morgan fingerprint density at radius 2 is 2.29 bits per heavy atom. The molecule has 0 aliphatic carbocycles. The fourth-order valence-corrected chi connectivity index (χ4v) is 3.00. The van der Waals surface area contributed by atoms with Gasteiger partial charge in [-0.05, 0) is 36.8 Å². The quantitative estimate of drug-likeness (QED) is 0.786. The van der Waals surface area contributed by atoms with Gasteiger partial charge in [-0.1, -0.05) is 12.1 Å². The summed E-state index contributed by atoms with van der Waals surface area (Å²) >= 11 is 1.74. The summed E-state index contributed by atoms with van der Waals surface area (Å²) < 4.78 is 0. The van der Waals surface area contributed by atoms with E-state index in [0.29, 0.717) is 18.5 Å². The zero-order valence-corrected chi connectivity index (χ0v) is 13.2. The molecule has 0 aromatic heterocycles. The summed E-state index contributed by atoms with van der Waals surface area (Å²) in [6.07, 6.45) is 4.50. The molecule has 1 heterocycles. The zero-order chi connectivity index (χ0) is 15.1. The molecule has 0 bridgehead atoms. The first-order valence-electron chi connectivity index (χ1n) is 7.34. The van der Waals surface area contributed by atoms with E-state index in [-0.39, 0.29) is 11.8 Å². The molecule has 0 unspecified atom stereocenters. The molecule has 114 valence electrons. The van der Waals surface area contributed by atoms with Crippen molar-refractivity contribution in [2.75, 3.05) is 25.9 Å². The van der Waals surface area contributed by atoms with Crippen LogP contribution in [0.25, 0.3) is 0 Å². The minimum absolute atomic E-state index is 0.0364. The van der Waals surface area contributed by atoms with Crippen molar-refractivity contribution in [3.05, 3.63) is 35.4 Å². The number of hydrogen-bond acceptors (Lipinski definition) is 3. The predicted octanol–water partition coefficient (Wildman–Crippen LogP) is 2.29. The molecule has 1 fully saturated rings. The van der Waals surface area contributed by atoms with E-state index in [1.165, 1.54) is 0 Å². The number of amides is 2. The van der Waals surface area contributed by atoms with Crippen molar-refractivity contribution in [3.8, 4) is 0 Å². The Labute approximate surface area is 130 Å². The lowest BCUT2D eigenvalue weighted by molar-refractivity contribution is -0.127. The summed E-state index contributed by atoms with van der Waals surface area (Å²) in [5.41, 5.74) is 1.87. The Bertz CT molecular complexity index is 505. The number of thioether (sulfide) groups is 1. The molecule has 4 nitrogen and oxygen atoms in total. The van der Waals surface area contributed by atoms with E-state index in [9.17, 15) is 9.59 Å². The van der Waals surface area contributed by atoms with Crippen LogP contribution in [0.5, 0.6) is 0 Å².